The summed E-state index contributed by atoms with van der Waals surface area (Å²) in [7, 11) is 0. The van der Waals surface area contributed by atoms with Crippen LogP contribution in [-0.4, -0.2) is 122 Å². The fourth-order valence-electron chi connectivity index (χ4n) is 10.7. The van der Waals surface area contributed by atoms with E-state index in [0.717, 1.165) is 101 Å². The van der Waals surface area contributed by atoms with Crippen molar-refractivity contribution < 1.29 is 32.8 Å². The minimum atomic E-state index is -2.46. The van der Waals surface area contributed by atoms with Crippen molar-refractivity contribution in [3.8, 4) is 0 Å². The van der Waals surface area contributed by atoms with Gasteiger partial charge >= 0.3 is 0 Å². The van der Waals surface area contributed by atoms with Crippen LogP contribution in [0.3, 0.4) is 0 Å². The number of aromatic nitrogens is 3. The number of rotatable bonds is 7. The van der Waals surface area contributed by atoms with Crippen molar-refractivity contribution in [1.82, 2.24) is 40.1 Å². The number of imide groups is 2. The number of likely N-dealkylation sites (tertiary alicyclic amines) is 1. The van der Waals surface area contributed by atoms with Crippen molar-refractivity contribution in [1.29, 1.82) is 0 Å². The maximum Gasteiger partial charge on any atom is 0.262 e. The second kappa shape index (κ2) is 14.8. The number of nitrogens with one attached hydrogen (secondary N) is 2. The Labute approximate surface area is 345 Å². The SMILES string of the molecule is C[C@@H]1Cc2c(ccc3[nH]ncc23)[C@@H](c2ccc(N3CCC4(CCN(CC(=O)N5Cc6cc7c(cc6C5)C(=O)N(C5CCC(=O)NC5=O)C7=O)CC4)CC3)cn2)N1CC(F)F. The first kappa shape index (κ1) is 38.6. The molecule has 2 N–H and O–H groups in total. The summed E-state index contributed by atoms with van der Waals surface area (Å²) in [5, 5.41) is 10.5. The fraction of sp³-hybridized carbons (Fsp3) is 0.477. The van der Waals surface area contributed by atoms with E-state index in [1.54, 1.807) is 17.0 Å². The second-order valence-electron chi connectivity index (χ2n) is 17.6. The molecule has 3 fully saturated rings. The lowest BCUT2D eigenvalue weighted by Gasteiger charge is -2.47. The number of piperidine rings is 3. The summed E-state index contributed by atoms with van der Waals surface area (Å²) in [5.74, 6) is -2.15. The number of aromatic amines is 1. The maximum absolute atomic E-state index is 13.9. The molecule has 60 heavy (non-hydrogen) atoms. The number of carbonyl (C=O) groups excluding carboxylic acids is 5. The smallest absolute Gasteiger partial charge is 0.262 e. The molecule has 5 amide bonds. The predicted molar refractivity (Wildman–Crippen MR) is 215 cm³/mol. The lowest BCUT2D eigenvalue weighted by molar-refractivity contribution is -0.136. The first-order valence-corrected chi connectivity index (χ1v) is 21.0. The lowest BCUT2D eigenvalue weighted by atomic mass is 9.71. The van der Waals surface area contributed by atoms with Gasteiger partial charge in [-0.25, -0.2) is 8.78 Å². The van der Waals surface area contributed by atoms with Crippen LogP contribution in [0.2, 0.25) is 0 Å². The molecular formula is C44H47F2N9O5. The normalized spacial score (nSPS) is 24.4. The number of benzene rings is 2. The number of nitrogens with zero attached hydrogens (tertiary/aromatic N) is 7. The summed E-state index contributed by atoms with van der Waals surface area (Å²) in [6.45, 7) is 6.14. The molecule has 0 saturated carbocycles. The second-order valence-corrected chi connectivity index (χ2v) is 17.6. The molecule has 312 valence electrons. The van der Waals surface area contributed by atoms with Crippen LogP contribution in [0.1, 0.15) is 100 Å². The molecule has 8 heterocycles. The van der Waals surface area contributed by atoms with Gasteiger partial charge in [0.2, 0.25) is 17.7 Å². The number of fused-ring (bicyclic) bond motifs is 5. The molecular weight excluding hydrogens is 773 g/mol. The van der Waals surface area contributed by atoms with Crippen molar-refractivity contribution in [3.63, 3.8) is 0 Å². The molecule has 0 bridgehead atoms. The molecule has 0 aliphatic carbocycles. The van der Waals surface area contributed by atoms with E-state index in [1.807, 2.05) is 42.4 Å². The number of pyridine rings is 1. The monoisotopic (exact) mass is 819 g/mol. The Balaban J connectivity index is 0.734. The highest BCUT2D eigenvalue weighted by molar-refractivity contribution is 6.23. The fourth-order valence-corrected chi connectivity index (χ4v) is 10.7. The van der Waals surface area contributed by atoms with Gasteiger partial charge in [-0.3, -0.25) is 54.1 Å². The van der Waals surface area contributed by atoms with Crippen LogP contribution in [0.15, 0.2) is 48.8 Å². The van der Waals surface area contributed by atoms with Crippen LogP contribution < -0.4 is 10.2 Å². The quantitative estimate of drug-likeness (QED) is 0.260. The maximum atomic E-state index is 13.9. The van der Waals surface area contributed by atoms with Crippen molar-refractivity contribution >= 4 is 46.1 Å². The van der Waals surface area contributed by atoms with Crippen molar-refractivity contribution in [3.05, 3.63) is 87.9 Å². The Kier molecular flexibility index (Phi) is 9.54. The number of alkyl halides is 2. The number of hydrogen-bond donors (Lipinski definition) is 2. The summed E-state index contributed by atoms with van der Waals surface area (Å²) >= 11 is 0. The number of halogens is 2. The average molecular weight is 820 g/mol. The van der Waals surface area contributed by atoms with Gasteiger partial charge in [0.25, 0.3) is 18.2 Å². The van der Waals surface area contributed by atoms with Crippen LogP contribution in [0.5, 0.6) is 0 Å². The van der Waals surface area contributed by atoms with E-state index < -0.39 is 36.1 Å². The van der Waals surface area contributed by atoms with Crippen molar-refractivity contribution in [2.45, 2.75) is 89.5 Å². The van der Waals surface area contributed by atoms with Crippen LogP contribution in [0, 0.1) is 5.41 Å². The minimum absolute atomic E-state index is 0.00848. The highest BCUT2D eigenvalue weighted by Crippen LogP contribution is 2.44. The third kappa shape index (κ3) is 6.64. The van der Waals surface area contributed by atoms with Gasteiger partial charge in [-0.1, -0.05) is 6.07 Å². The Morgan fingerprint density at radius 1 is 0.917 bits per heavy atom. The molecule has 6 aliphatic rings. The van der Waals surface area contributed by atoms with Gasteiger partial charge in [0.05, 0.1) is 59.5 Å². The zero-order chi connectivity index (χ0) is 41.4. The molecule has 14 nitrogen and oxygen atoms in total. The summed E-state index contributed by atoms with van der Waals surface area (Å²) in [4.78, 5) is 78.5. The van der Waals surface area contributed by atoms with Crippen LogP contribution in [-0.2, 0) is 33.9 Å². The number of H-pyrrole nitrogens is 1. The number of amides is 5. The van der Waals surface area contributed by atoms with Gasteiger partial charge in [0, 0.05) is 44.0 Å². The molecule has 16 heteroatoms. The number of carbonyl (C=O) groups is 5. The molecule has 2 aromatic carbocycles. The molecule has 10 rings (SSSR count). The molecule has 0 radical (unpaired) electrons. The van der Waals surface area contributed by atoms with Crippen LogP contribution in [0.4, 0.5) is 14.5 Å². The highest BCUT2D eigenvalue weighted by Gasteiger charge is 2.46. The largest absolute Gasteiger partial charge is 0.370 e. The van der Waals surface area contributed by atoms with E-state index in [1.165, 1.54) is 0 Å². The predicted octanol–water partition coefficient (Wildman–Crippen LogP) is 4.19. The van der Waals surface area contributed by atoms with Crippen molar-refractivity contribution in [2.24, 2.45) is 5.41 Å². The van der Waals surface area contributed by atoms with E-state index >= 15 is 0 Å². The topological polar surface area (TPSA) is 155 Å². The Morgan fingerprint density at radius 3 is 2.27 bits per heavy atom. The summed E-state index contributed by atoms with van der Waals surface area (Å²) in [5.41, 5.74) is 7.18. The highest BCUT2D eigenvalue weighted by atomic mass is 19.3. The minimum Gasteiger partial charge on any atom is -0.370 e. The molecule has 1 unspecified atom stereocenters. The Morgan fingerprint density at radius 2 is 1.62 bits per heavy atom. The van der Waals surface area contributed by atoms with Gasteiger partial charge in [0.15, 0.2) is 0 Å². The first-order chi connectivity index (χ1) is 28.9. The van der Waals surface area contributed by atoms with Gasteiger partial charge in [-0.05, 0) is 117 Å². The summed E-state index contributed by atoms with van der Waals surface area (Å²) in [6, 6.07) is 9.96. The third-order valence-corrected chi connectivity index (χ3v) is 14.2. The first-order valence-electron chi connectivity index (χ1n) is 21.0. The van der Waals surface area contributed by atoms with E-state index in [9.17, 15) is 32.8 Å². The third-order valence-electron chi connectivity index (χ3n) is 14.2. The van der Waals surface area contributed by atoms with Crippen LogP contribution in [0.25, 0.3) is 10.9 Å². The zero-order valence-electron chi connectivity index (χ0n) is 33.5. The standard InChI is InChI=1S/C44H47F2N9O5/c1-25-16-30-29(3-5-34-33(30)20-48-50-34)40(54(25)23-37(45)46)35-4-2-28(19-47-35)52-14-10-44(11-15-52)8-12-51(13-9-44)24-39(57)53-21-26-17-31-32(18-27(26)22-53)43(60)55(42(31)59)36-6-7-38(56)49-41(36)58/h2-5,17-20,25,36-37,40H,6-16,21-24H2,1H3,(H,48,50)(H,49,56,58)/t25-,36?,40+/m1/s1. The number of hydrogen-bond acceptors (Lipinski definition) is 10. The van der Waals surface area contributed by atoms with Crippen LogP contribution >= 0.6 is 0 Å². The Hall–Kier alpha value is -5.61. The van der Waals surface area contributed by atoms with Gasteiger partial charge in [0.1, 0.15) is 6.04 Å². The van der Waals surface area contributed by atoms with E-state index in [4.69, 9.17) is 4.98 Å². The van der Waals surface area contributed by atoms with Gasteiger partial charge in [-0.15, -0.1) is 0 Å². The van der Waals surface area contributed by atoms with E-state index in [2.05, 4.69) is 31.4 Å². The zero-order valence-corrected chi connectivity index (χ0v) is 33.5. The average Bonchev–Trinajstić information content (AvgIpc) is 3.95. The molecule has 4 aromatic rings. The summed E-state index contributed by atoms with van der Waals surface area (Å²) in [6.07, 6.45) is 6.18. The van der Waals surface area contributed by atoms with Crippen molar-refractivity contribution in [2.75, 3.05) is 44.2 Å². The Bertz CT molecular complexity index is 2370. The molecule has 1 spiro atoms. The molecule has 6 aliphatic heterocycles. The van der Waals surface area contributed by atoms with Gasteiger partial charge < -0.3 is 9.80 Å². The van der Waals surface area contributed by atoms with E-state index in [0.29, 0.717) is 26.1 Å². The molecule has 2 aromatic heterocycles. The van der Waals surface area contributed by atoms with E-state index in [-0.39, 0.29) is 53.9 Å². The number of anilines is 1. The lowest BCUT2D eigenvalue weighted by Crippen LogP contribution is -2.54. The molecule has 3 atom stereocenters. The summed E-state index contributed by atoms with van der Waals surface area (Å²) < 4.78 is 27.8. The molecule has 3 saturated heterocycles. The van der Waals surface area contributed by atoms with Gasteiger partial charge in [-0.2, -0.15) is 5.10 Å².